The lowest BCUT2D eigenvalue weighted by Gasteiger charge is -2.30. The molecule has 1 amide bonds. The van der Waals surface area contributed by atoms with Gasteiger partial charge in [-0.05, 0) is 82.1 Å². The lowest BCUT2D eigenvalue weighted by molar-refractivity contribution is 0.108. The summed E-state index contributed by atoms with van der Waals surface area (Å²) in [7, 11) is 0. The minimum atomic E-state index is -0.406. The molecular formula is C30H36N6O3. The highest BCUT2D eigenvalue weighted by Gasteiger charge is 2.31. The van der Waals surface area contributed by atoms with Gasteiger partial charge in [-0.1, -0.05) is 12.1 Å². The second-order valence-electron chi connectivity index (χ2n) is 10.8. The van der Waals surface area contributed by atoms with Crippen LogP contribution >= 0.6 is 0 Å². The van der Waals surface area contributed by atoms with Crippen LogP contribution in [0.4, 0.5) is 16.2 Å². The van der Waals surface area contributed by atoms with Crippen molar-refractivity contribution < 1.29 is 14.3 Å². The van der Waals surface area contributed by atoms with Crippen molar-refractivity contribution in [3.8, 4) is 17.0 Å². The largest absolute Gasteiger partial charge is 0.494 e. The first-order chi connectivity index (χ1) is 19.1. The van der Waals surface area contributed by atoms with Gasteiger partial charge in [-0.3, -0.25) is 10.00 Å². The highest BCUT2D eigenvalue weighted by molar-refractivity contribution is 6.01. The molecule has 0 bridgehead atoms. The molecule has 2 aliphatic rings. The van der Waals surface area contributed by atoms with Crippen LogP contribution in [0.1, 0.15) is 57.9 Å². The summed E-state index contributed by atoms with van der Waals surface area (Å²) >= 11 is 0. The Morgan fingerprint density at radius 2 is 1.95 bits per heavy atom. The molecule has 0 aliphatic heterocycles. The molecule has 2 aromatic carbocycles. The zero-order chi connectivity index (χ0) is 26.8. The second-order valence-corrected chi connectivity index (χ2v) is 10.8. The average molecular weight is 529 g/mol. The van der Waals surface area contributed by atoms with E-state index in [1.165, 1.54) is 6.42 Å². The summed E-state index contributed by atoms with van der Waals surface area (Å²) in [5.41, 5.74) is 11.4. The van der Waals surface area contributed by atoms with Crippen molar-refractivity contribution in [2.75, 3.05) is 17.7 Å². The number of carbonyl (C=O) groups excluding carboxylic acids is 1. The summed E-state index contributed by atoms with van der Waals surface area (Å²) in [5, 5.41) is 8.04. The van der Waals surface area contributed by atoms with Gasteiger partial charge in [0.2, 0.25) is 0 Å². The molecule has 39 heavy (non-hydrogen) atoms. The van der Waals surface area contributed by atoms with Gasteiger partial charge in [0.05, 0.1) is 23.5 Å². The molecule has 0 radical (unpaired) electrons. The number of nitrogens with one attached hydrogen (secondary N) is 1. The van der Waals surface area contributed by atoms with Crippen molar-refractivity contribution in [3.63, 3.8) is 0 Å². The maximum atomic E-state index is 12.3. The highest BCUT2D eigenvalue weighted by atomic mass is 16.6. The Morgan fingerprint density at radius 3 is 2.64 bits per heavy atom. The summed E-state index contributed by atoms with van der Waals surface area (Å²) < 4.78 is 15.9. The first kappa shape index (κ1) is 25.3. The number of aromatic nitrogens is 4. The molecular weight excluding hydrogens is 492 g/mol. The van der Waals surface area contributed by atoms with E-state index >= 15 is 0 Å². The molecule has 2 aromatic heterocycles. The van der Waals surface area contributed by atoms with Gasteiger partial charge in [0.1, 0.15) is 24.5 Å². The molecule has 9 nitrogen and oxygen atoms in total. The van der Waals surface area contributed by atoms with Crippen LogP contribution in [0, 0.1) is 5.92 Å². The Bertz CT molecular complexity index is 1420. The van der Waals surface area contributed by atoms with E-state index in [9.17, 15) is 4.79 Å². The molecule has 204 valence electrons. The van der Waals surface area contributed by atoms with E-state index in [-0.39, 0.29) is 6.10 Å². The van der Waals surface area contributed by atoms with Gasteiger partial charge in [-0.25, -0.2) is 9.78 Å². The normalized spacial score (nSPS) is 16.1. The number of hydrogen-bond donors (Lipinski definition) is 2. The molecule has 6 rings (SSSR count). The van der Waals surface area contributed by atoms with Gasteiger partial charge >= 0.3 is 6.09 Å². The van der Waals surface area contributed by atoms with Crippen molar-refractivity contribution in [2.45, 2.75) is 70.6 Å². The summed E-state index contributed by atoms with van der Waals surface area (Å²) in [6.45, 7) is 3.44. The number of rotatable bonds is 11. The summed E-state index contributed by atoms with van der Waals surface area (Å²) in [4.78, 5) is 16.3. The molecule has 0 saturated heterocycles. The standard InChI is InChI=1S/C30H36N6O3/c1-20(21-7-8-21)39-30(37)34-23-11-9-22(10-12-23)29-28(31)26-14-13-25(17-27(26)36(29)24-5-4-6-24)38-16-3-2-15-35-19-32-18-33-35/h9-14,17-21,24H,2-8,15-16,31H2,1H3,(H,34,37)/t20-/m1/s1. The number of anilines is 2. The molecule has 2 fully saturated rings. The minimum Gasteiger partial charge on any atom is -0.494 e. The molecule has 0 unspecified atom stereocenters. The highest BCUT2D eigenvalue weighted by Crippen LogP contribution is 2.45. The monoisotopic (exact) mass is 528 g/mol. The third kappa shape index (κ3) is 5.57. The van der Waals surface area contributed by atoms with Crippen LogP contribution in [0.5, 0.6) is 5.75 Å². The Kier molecular flexibility index (Phi) is 7.13. The van der Waals surface area contributed by atoms with Crippen LogP contribution in [-0.2, 0) is 11.3 Å². The minimum absolute atomic E-state index is 0.0456. The van der Waals surface area contributed by atoms with E-state index in [4.69, 9.17) is 15.2 Å². The summed E-state index contributed by atoms with van der Waals surface area (Å²) in [5.74, 6) is 1.36. The third-order valence-corrected chi connectivity index (χ3v) is 7.96. The van der Waals surface area contributed by atoms with Gasteiger partial charge in [0, 0.05) is 35.3 Å². The van der Waals surface area contributed by atoms with Crippen molar-refractivity contribution >= 4 is 28.4 Å². The predicted molar refractivity (Wildman–Crippen MR) is 152 cm³/mol. The van der Waals surface area contributed by atoms with Crippen molar-refractivity contribution in [1.29, 1.82) is 0 Å². The Morgan fingerprint density at radius 1 is 1.13 bits per heavy atom. The lowest BCUT2D eigenvalue weighted by Crippen LogP contribution is -2.21. The number of fused-ring (bicyclic) bond motifs is 1. The summed E-state index contributed by atoms with van der Waals surface area (Å²) in [6.07, 6.45) is 10.5. The van der Waals surface area contributed by atoms with Crippen LogP contribution in [0.2, 0.25) is 0 Å². The number of ether oxygens (including phenoxy) is 2. The first-order valence-electron chi connectivity index (χ1n) is 14.0. The van der Waals surface area contributed by atoms with Gasteiger partial charge in [0.25, 0.3) is 0 Å². The van der Waals surface area contributed by atoms with Crippen LogP contribution < -0.4 is 15.8 Å². The molecule has 2 saturated carbocycles. The quantitative estimate of drug-likeness (QED) is 0.218. The maximum absolute atomic E-state index is 12.3. The van der Waals surface area contributed by atoms with E-state index in [0.717, 1.165) is 78.7 Å². The molecule has 4 aromatic rings. The number of unbranched alkanes of at least 4 members (excludes halogenated alkanes) is 1. The fourth-order valence-corrected chi connectivity index (χ4v) is 5.33. The number of nitrogens with two attached hydrogens (primary N) is 1. The van der Waals surface area contributed by atoms with Crippen LogP contribution in [0.15, 0.2) is 55.1 Å². The topological polar surface area (TPSA) is 109 Å². The number of aryl methyl sites for hydroxylation is 1. The zero-order valence-electron chi connectivity index (χ0n) is 22.4. The fourth-order valence-electron chi connectivity index (χ4n) is 5.33. The Labute approximate surface area is 228 Å². The molecule has 2 aliphatic carbocycles. The molecule has 3 N–H and O–H groups in total. The molecule has 9 heteroatoms. The van der Waals surface area contributed by atoms with E-state index in [1.807, 2.05) is 41.9 Å². The number of hydrogen-bond acceptors (Lipinski definition) is 6. The molecule has 0 spiro atoms. The van der Waals surface area contributed by atoms with Crippen molar-refractivity contribution in [2.24, 2.45) is 5.92 Å². The van der Waals surface area contributed by atoms with E-state index in [2.05, 4.69) is 32.1 Å². The van der Waals surface area contributed by atoms with Gasteiger partial charge < -0.3 is 19.8 Å². The second kappa shape index (κ2) is 11.0. The third-order valence-electron chi connectivity index (χ3n) is 7.96. The number of carbonyl (C=O) groups is 1. The van der Waals surface area contributed by atoms with Crippen molar-refractivity contribution in [3.05, 3.63) is 55.1 Å². The maximum Gasteiger partial charge on any atom is 0.411 e. The van der Waals surface area contributed by atoms with E-state index in [1.54, 1.807) is 12.7 Å². The Hall–Kier alpha value is -4.01. The van der Waals surface area contributed by atoms with E-state index in [0.29, 0.717) is 24.3 Å². The van der Waals surface area contributed by atoms with Crippen molar-refractivity contribution in [1.82, 2.24) is 19.3 Å². The number of amides is 1. The lowest BCUT2D eigenvalue weighted by atomic mass is 9.92. The number of nitrogen functional groups attached to an aromatic ring is 1. The molecule has 1 atom stereocenters. The Balaban J connectivity index is 1.18. The van der Waals surface area contributed by atoms with Crippen LogP contribution in [0.3, 0.4) is 0 Å². The smallest absolute Gasteiger partial charge is 0.411 e. The first-order valence-corrected chi connectivity index (χ1v) is 14.0. The van der Waals surface area contributed by atoms with Crippen LogP contribution in [0.25, 0.3) is 22.2 Å². The molecule has 2 heterocycles. The average Bonchev–Trinajstić information content (AvgIpc) is 3.56. The van der Waals surface area contributed by atoms with Gasteiger partial charge in [-0.15, -0.1) is 0 Å². The predicted octanol–water partition coefficient (Wildman–Crippen LogP) is 6.41. The SMILES string of the molecule is C[C@@H](OC(=O)Nc1ccc(-c2c(N)c3ccc(OCCCCn4cncn4)cc3n2C2CCC2)cc1)C1CC1. The van der Waals surface area contributed by atoms with Gasteiger partial charge in [0.15, 0.2) is 0 Å². The number of benzene rings is 2. The van der Waals surface area contributed by atoms with E-state index < -0.39 is 6.09 Å². The van der Waals surface area contributed by atoms with Gasteiger partial charge in [-0.2, -0.15) is 5.10 Å². The van der Waals surface area contributed by atoms with Crippen LogP contribution in [-0.4, -0.2) is 38.1 Å². The fraction of sp³-hybridized carbons (Fsp3) is 0.433. The number of nitrogens with zero attached hydrogens (tertiary/aromatic N) is 4. The summed E-state index contributed by atoms with van der Waals surface area (Å²) in [6, 6.07) is 14.5. The zero-order valence-corrected chi connectivity index (χ0v) is 22.4.